The maximum atomic E-state index is 11.8. The zero-order valence-electron chi connectivity index (χ0n) is 10.5. The molecule has 5 nitrogen and oxygen atoms in total. The van der Waals surface area contributed by atoms with Crippen molar-refractivity contribution < 1.29 is 4.74 Å². The van der Waals surface area contributed by atoms with Crippen molar-refractivity contribution in [1.29, 1.82) is 0 Å². The highest BCUT2D eigenvalue weighted by Gasteiger charge is 2.06. The third-order valence-corrected chi connectivity index (χ3v) is 2.48. The summed E-state index contributed by atoms with van der Waals surface area (Å²) in [4.78, 5) is 26.0. The fourth-order valence-corrected chi connectivity index (χ4v) is 1.38. The van der Waals surface area contributed by atoms with Crippen LogP contribution in [0.1, 0.15) is 18.2 Å². The molecule has 0 saturated heterocycles. The van der Waals surface area contributed by atoms with Crippen molar-refractivity contribution >= 4 is 0 Å². The highest BCUT2D eigenvalue weighted by Crippen LogP contribution is 1.92. The van der Waals surface area contributed by atoms with Crippen LogP contribution in [0.5, 0.6) is 0 Å². The molecule has 0 aliphatic heterocycles. The summed E-state index contributed by atoms with van der Waals surface area (Å²) in [5.74, 6) is 0. The SMILES string of the molecule is C=C(C)COCCn1c(=O)[nH]c(C)c(C)c1=O. The molecule has 5 heteroatoms. The molecule has 0 saturated carbocycles. The Labute approximate surface area is 99.7 Å². The maximum absolute atomic E-state index is 11.8. The van der Waals surface area contributed by atoms with E-state index in [1.54, 1.807) is 13.8 Å². The van der Waals surface area contributed by atoms with Crippen LogP contribution in [-0.4, -0.2) is 22.8 Å². The lowest BCUT2D eigenvalue weighted by atomic mass is 10.3. The number of hydrogen-bond acceptors (Lipinski definition) is 3. The van der Waals surface area contributed by atoms with Crippen LogP contribution in [-0.2, 0) is 11.3 Å². The lowest BCUT2D eigenvalue weighted by Crippen LogP contribution is -2.38. The number of hydrogen-bond donors (Lipinski definition) is 1. The zero-order chi connectivity index (χ0) is 13.0. The van der Waals surface area contributed by atoms with Crippen molar-refractivity contribution in [3.8, 4) is 0 Å². The van der Waals surface area contributed by atoms with Gasteiger partial charge in [-0.15, -0.1) is 0 Å². The Morgan fingerprint density at radius 2 is 2.06 bits per heavy atom. The molecule has 94 valence electrons. The minimum atomic E-state index is -0.392. The van der Waals surface area contributed by atoms with Gasteiger partial charge in [0, 0.05) is 11.3 Å². The van der Waals surface area contributed by atoms with Crippen LogP contribution < -0.4 is 11.2 Å². The molecule has 0 aliphatic rings. The van der Waals surface area contributed by atoms with Crippen molar-refractivity contribution in [2.45, 2.75) is 27.3 Å². The van der Waals surface area contributed by atoms with E-state index in [0.717, 1.165) is 10.1 Å². The summed E-state index contributed by atoms with van der Waals surface area (Å²) in [7, 11) is 0. The van der Waals surface area contributed by atoms with E-state index in [1.165, 1.54) is 0 Å². The molecular formula is C12H18N2O3. The third-order valence-electron chi connectivity index (χ3n) is 2.48. The van der Waals surface area contributed by atoms with Crippen molar-refractivity contribution in [3.63, 3.8) is 0 Å². The van der Waals surface area contributed by atoms with Gasteiger partial charge in [-0.1, -0.05) is 12.2 Å². The number of aromatic amines is 1. The Bertz CT molecular complexity index is 526. The monoisotopic (exact) mass is 238 g/mol. The van der Waals surface area contributed by atoms with Crippen LogP contribution in [0.4, 0.5) is 0 Å². The van der Waals surface area contributed by atoms with Crippen molar-refractivity contribution in [2.75, 3.05) is 13.2 Å². The summed E-state index contributed by atoms with van der Waals surface area (Å²) in [6.45, 7) is 9.97. The third kappa shape index (κ3) is 3.42. The first-order valence-electron chi connectivity index (χ1n) is 5.46. The van der Waals surface area contributed by atoms with Crippen molar-refractivity contribution in [1.82, 2.24) is 9.55 Å². The molecule has 1 aromatic heterocycles. The highest BCUT2D eigenvalue weighted by atomic mass is 16.5. The van der Waals surface area contributed by atoms with Gasteiger partial charge in [-0.2, -0.15) is 0 Å². The van der Waals surface area contributed by atoms with E-state index in [0.29, 0.717) is 24.5 Å². The van der Waals surface area contributed by atoms with Crippen LogP contribution in [0.2, 0.25) is 0 Å². The number of ether oxygens (including phenoxy) is 1. The second kappa shape index (κ2) is 5.63. The quantitative estimate of drug-likeness (QED) is 0.608. The molecule has 0 spiro atoms. The smallest absolute Gasteiger partial charge is 0.328 e. The molecule has 1 heterocycles. The summed E-state index contributed by atoms with van der Waals surface area (Å²) in [5, 5.41) is 0. The van der Waals surface area contributed by atoms with Crippen LogP contribution >= 0.6 is 0 Å². The van der Waals surface area contributed by atoms with E-state index >= 15 is 0 Å². The molecule has 1 rings (SSSR count). The fourth-order valence-electron chi connectivity index (χ4n) is 1.38. The second-order valence-electron chi connectivity index (χ2n) is 4.15. The average molecular weight is 238 g/mol. The van der Waals surface area contributed by atoms with Gasteiger partial charge in [0.1, 0.15) is 0 Å². The molecule has 0 aliphatic carbocycles. The molecule has 0 aromatic carbocycles. The fraction of sp³-hybridized carbons (Fsp3) is 0.500. The Kier molecular flexibility index (Phi) is 4.45. The highest BCUT2D eigenvalue weighted by molar-refractivity contribution is 5.12. The first kappa shape index (κ1) is 13.4. The zero-order valence-corrected chi connectivity index (χ0v) is 10.5. The molecule has 17 heavy (non-hydrogen) atoms. The number of rotatable bonds is 5. The maximum Gasteiger partial charge on any atom is 0.328 e. The Balaban J connectivity index is 2.79. The molecular weight excluding hydrogens is 220 g/mol. The molecule has 0 unspecified atom stereocenters. The van der Waals surface area contributed by atoms with Gasteiger partial charge in [-0.25, -0.2) is 4.79 Å². The van der Waals surface area contributed by atoms with Crippen LogP contribution in [0.15, 0.2) is 21.7 Å². The van der Waals surface area contributed by atoms with Gasteiger partial charge in [0.2, 0.25) is 0 Å². The summed E-state index contributed by atoms with van der Waals surface area (Å²) in [6.07, 6.45) is 0. The van der Waals surface area contributed by atoms with Gasteiger partial charge in [0.25, 0.3) is 5.56 Å². The Hall–Kier alpha value is -1.62. The summed E-state index contributed by atoms with van der Waals surface area (Å²) in [6, 6.07) is 0. The molecule has 0 bridgehead atoms. The van der Waals surface area contributed by atoms with Crippen molar-refractivity contribution in [2.24, 2.45) is 0 Å². The Morgan fingerprint density at radius 3 is 2.65 bits per heavy atom. The van der Waals surface area contributed by atoms with Gasteiger partial charge in [0.05, 0.1) is 19.8 Å². The number of aromatic nitrogens is 2. The van der Waals surface area contributed by atoms with E-state index in [4.69, 9.17) is 4.74 Å². The normalized spacial score (nSPS) is 10.5. The van der Waals surface area contributed by atoms with Gasteiger partial charge in [-0.3, -0.25) is 9.36 Å². The van der Waals surface area contributed by atoms with E-state index in [9.17, 15) is 9.59 Å². The minimum Gasteiger partial charge on any atom is -0.375 e. The van der Waals surface area contributed by atoms with E-state index in [2.05, 4.69) is 11.6 Å². The van der Waals surface area contributed by atoms with Gasteiger partial charge >= 0.3 is 5.69 Å². The lowest BCUT2D eigenvalue weighted by Gasteiger charge is -2.08. The first-order chi connectivity index (χ1) is 7.93. The van der Waals surface area contributed by atoms with Crippen molar-refractivity contribution in [3.05, 3.63) is 44.2 Å². The number of nitrogens with zero attached hydrogens (tertiary/aromatic N) is 1. The van der Waals surface area contributed by atoms with E-state index in [-0.39, 0.29) is 12.1 Å². The molecule has 1 N–H and O–H groups in total. The van der Waals surface area contributed by atoms with Crippen LogP contribution in [0.25, 0.3) is 0 Å². The number of H-pyrrole nitrogens is 1. The molecule has 0 amide bonds. The predicted molar refractivity (Wildman–Crippen MR) is 66.4 cm³/mol. The molecule has 0 atom stereocenters. The standard InChI is InChI=1S/C12H18N2O3/c1-8(2)7-17-6-5-14-11(15)9(3)10(4)13-12(14)16/h1,5-7H2,2-4H3,(H,13,16). The lowest BCUT2D eigenvalue weighted by molar-refractivity contribution is 0.145. The average Bonchev–Trinajstić information content (AvgIpc) is 2.24. The molecule has 1 aromatic rings. The summed E-state index contributed by atoms with van der Waals surface area (Å²) < 4.78 is 6.42. The summed E-state index contributed by atoms with van der Waals surface area (Å²) in [5.41, 5.74) is 1.43. The first-order valence-corrected chi connectivity index (χ1v) is 5.46. The number of aryl methyl sites for hydroxylation is 1. The van der Waals surface area contributed by atoms with E-state index < -0.39 is 5.69 Å². The number of nitrogens with one attached hydrogen (secondary N) is 1. The molecule has 0 radical (unpaired) electrons. The minimum absolute atomic E-state index is 0.253. The van der Waals surface area contributed by atoms with Gasteiger partial charge < -0.3 is 9.72 Å². The van der Waals surface area contributed by atoms with Crippen LogP contribution in [0.3, 0.4) is 0 Å². The topological polar surface area (TPSA) is 64.1 Å². The second-order valence-corrected chi connectivity index (χ2v) is 4.15. The summed E-state index contributed by atoms with van der Waals surface area (Å²) >= 11 is 0. The van der Waals surface area contributed by atoms with E-state index in [1.807, 2.05) is 6.92 Å². The van der Waals surface area contributed by atoms with Gasteiger partial charge in [0.15, 0.2) is 0 Å². The van der Waals surface area contributed by atoms with Crippen LogP contribution in [0, 0.1) is 13.8 Å². The Morgan fingerprint density at radius 1 is 1.41 bits per heavy atom. The largest absolute Gasteiger partial charge is 0.375 e. The van der Waals surface area contributed by atoms with Gasteiger partial charge in [-0.05, 0) is 20.8 Å². The predicted octanol–water partition coefficient (Wildman–Crippen LogP) is 0.746. The molecule has 0 fully saturated rings.